The summed E-state index contributed by atoms with van der Waals surface area (Å²) in [5.74, 6) is 0. The van der Waals surface area contributed by atoms with Gasteiger partial charge in [-0.15, -0.1) is 0 Å². The number of nitrogens with zero attached hydrogens (tertiary/aromatic N) is 2. The van der Waals surface area contributed by atoms with Gasteiger partial charge in [-0.05, 0) is 41.7 Å². The Bertz CT molecular complexity index is 260. The summed E-state index contributed by atoms with van der Waals surface area (Å²) in [5, 5.41) is 13.4. The molecule has 4 heteroatoms. The zero-order valence-corrected chi connectivity index (χ0v) is 13.0. The lowest BCUT2D eigenvalue weighted by Gasteiger charge is -2.45. The lowest BCUT2D eigenvalue weighted by atomic mass is 9.99. The van der Waals surface area contributed by atoms with Crippen LogP contribution in [0.3, 0.4) is 0 Å². The highest BCUT2D eigenvalue weighted by atomic mass is 16.3. The third-order valence-electron chi connectivity index (χ3n) is 3.73. The summed E-state index contributed by atoms with van der Waals surface area (Å²) in [5.41, 5.74) is 0.276. The Morgan fingerprint density at radius 1 is 1.28 bits per heavy atom. The van der Waals surface area contributed by atoms with Crippen molar-refractivity contribution in [3.8, 4) is 0 Å². The molecule has 1 aliphatic heterocycles. The molecule has 0 aromatic carbocycles. The monoisotopic (exact) mass is 257 g/mol. The van der Waals surface area contributed by atoms with Crippen LogP contribution in [-0.4, -0.2) is 71.9 Å². The molecule has 1 atom stereocenters. The average molecular weight is 257 g/mol. The number of likely N-dealkylation sites (N-methyl/N-ethyl adjacent to an activating group) is 1. The Morgan fingerprint density at radius 2 is 1.89 bits per heavy atom. The maximum atomic E-state index is 10.1. The molecular weight excluding hydrogens is 226 g/mol. The first-order valence-electron chi connectivity index (χ1n) is 6.97. The SMILES string of the molecule is CN1CCN(CC(O)CNC(C)(C)C)CC1(C)C. The van der Waals surface area contributed by atoms with Gasteiger partial charge in [-0.2, -0.15) is 0 Å². The molecule has 0 saturated carbocycles. The van der Waals surface area contributed by atoms with Crippen molar-refractivity contribution in [1.82, 2.24) is 15.1 Å². The summed E-state index contributed by atoms with van der Waals surface area (Å²) >= 11 is 0. The minimum atomic E-state index is -0.288. The van der Waals surface area contributed by atoms with Crippen LogP contribution in [0.5, 0.6) is 0 Å². The molecule has 18 heavy (non-hydrogen) atoms. The van der Waals surface area contributed by atoms with Crippen LogP contribution < -0.4 is 5.32 Å². The maximum Gasteiger partial charge on any atom is 0.0791 e. The first-order valence-corrected chi connectivity index (χ1v) is 6.97. The van der Waals surface area contributed by atoms with Crippen molar-refractivity contribution in [2.24, 2.45) is 0 Å². The molecular formula is C14H31N3O. The van der Waals surface area contributed by atoms with Crippen LogP contribution in [0.1, 0.15) is 34.6 Å². The Kier molecular flexibility index (Phi) is 5.18. The molecule has 1 fully saturated rings. The largest absolute Gasteiger partial charge is 0.390 e. The minimum Gasteiger partial charge on any atom is -0.390 e. The number of hydrogen-bond acceptors (Lipinski definition) is 4. The number of aliphatic hydroxyl groups is 1. The molecule has 1 rings (SSSR count). The van der Waals surface area contributed by atoms with Crippen LogP contribution in [0, 0.1) is 0 Å². The third-order valence-corrected chi connectivity index (χ3v) is 3.73. The summed E-state index contributed by atoms with van der Waals surface area (Å²) in [7, 11) is 2.18. The van der Waals surface area contributed by atoms with Gasteiger partial charge in [-0.3, -0.25) is 9.80 Å². The van der Waals surface area contributed by atoms with Crippen molar-refractivity contribution in [3.63, 3.8) is 0 Å². The smallest absolute Gasteiger partial charge is 0.0791 e. The van der Waals surface area contributed by atoms with Crippen LogP contribution >= 0.6 is 0 Å². The van der Waals surface area contributed by atoms with E-state index in [4.69, 9.17) is 0 Å². The Hall–Kier alpha value is -0.160. The average Bonchev–Trinajstić information content (AvgIpc) is 2.19. The second-order valence-electron chi connectivity index (χ2n) is 7.25. The summed E-state index contributed by atoms with van der Waals surface area (Å²) in [4.78, 5) is 4.76. The normalized spacial score (nSPS) is 24.2. The number of hydrogen-bond donors (Lipinski definition) is 2. The Balaban J connectivity index is 2.35. The predicted molar refractivity (Wildman–Crippen MR) is 76.9 cm³/mol. The van der Waals surface area contributed by atoms with Gasteiger partial charge in [-0.25, -0.2) is 0 Å². The lowest BCUT2D eigenvalue weighted by molar-refractivity contribution is 0.0137. The quantitative estimate of drug-likeness (QED) is 0.780. The number of aliphatic hydroxyl groups excluding tert-OH is 1. The van der Waals surface area contributed by atoms with Gasteiger partial charge in [-0.1, -0.05) is 0 Å². The van der Waals surface area contributed by atoms with E-state index in [1.54, 1.807) is 0 Å². The van der Waals surface area contributed by atoms with E-state index in [2.05, 4.69) is 56.8 Å². The molecule has 0 aliphatic carbocycles. The predicted octanol–water partition coefficient (Wildman–Crippen LogP) is 0.761. The van der Waals surface area contributed by atoms with E-state index in [1.165, 1.54) is 0 Å². The summed E-state index contributed by atoms with van der Waals surface area (Å²) in [6, 6.07) is 0. The zero-order chi connectivity index (χ0) is 14.0. The number of piperazine rings is 1. The Labute approximate surface area is 112 Å². The number of nitrogens with one attached hydrogen (secondary N) is 1. The second-order valence-corrected chi connectivity index (χ2v) is 7.25. The molecule has 0 spiro atoms. The summed E-state index contributed by atoms with van der Waals surface area (Å²) < 4.78 is 0. The van der Waals surface area contributed by atoms with Crippen LogP contribution in [-0.2, 0) is 0 Å². The lowest BCUT2D eigenvalue weighted by Crippen LogP contribution is -2.59. The molecule has 0 bridgehead atoms. The van der Waals surface area contributed by atoms with E-state index >= 15 is 0 Å². The molecule has 0 radical (unpaired) electrons. The maximum absolute atomic E-state index is 10.1. The minimum absolute atomic E-state index is 0.0718. The van der Waals surface area contributed by atoms with Gasteiger partial charge in [0.25, 0.3) is 0 Å². The molecule has 1 aliphatic rings. The second kappa shape index (κ2) is 5.87. The van der Waals surface area contributed by atoms with Crippen molar-refractivity contribution >= 4 is 0 Å². The first kappa shape index (κ1) is 15.9. The van der Waals surface area contributed by atoms with Crippen LogP contribution in [0.15, 0.2) is 0 Å². The van der Waals surface area contributed by atoms with Gasteiger partial charge in [0.15, 0.2) is 0 Å². The summed E-state index contributed by atoms with van der Waals surface area (Å²) in [6.07, 6.45) is -0.288. The van der Waals surface area contributed by atoms with E-state index in [1.807, 2.05) is 0 Å². The van der Waals surface area contributed by atoms with Gasteiger partial charge >= 0.3 is 0 Å². The van der Waals surface area contributed by atoms with Crippen LogP contribution in [0.2, 0.25) is 0 Å². The highest BCUT2D eigenvalue weighted by Gasteiger charge is 2.31. The van der Waals surface area contributed by atoms with Gasteiger partial charge in [0.2, 0.25) is 0 Å². The topological polar surface area (TPSA) is 38.7 Å². The molecule has 4 nitrogen and oxygen atoms in total. The van der Waals surface area contributed by atoms with E-state index in [-0.39, 0.29) is 17.2 Å². The molecule has 108 valence electrons. The third kappa shape index (κ3) is 5.22. The fourth-order valence-corrected chi connectivity index (χ4v) is 2.28. The number of β-amino-alcohol motifs (C(OH)–C–C–N with tert-alkyl or cyclic N) is 1. The van der Waals surface area contributed by atoms with Gasteiger partial charge in [0.05, 0.1) is 6.10 Å². The van der Waals surface area contributed by atoms with Crippen molar-refractivity contribution in [1.29, 1.82) is 0 Å². The van der Waals surface area contributed by atoms with E-state index in [0.29, 0.717) is 6.54 Å². The van der Waals surface area contributed by atoms with Crippen molar-refractivity contribution in [2.45, 2.75) is 51.8 Å². The van der Waals surface area contributed by atoms with Gasteiger partial charge < -0.3 is 10.4 Å². The molecule has 0 aromatic rings. The highest BCUT2D eigenvalue weighted by Crippen LogP contribution is 2.18. The summed E-state index contributed by atoms with van der Waals surface area (Å²) in [6.45, 7) is 15.5. The molecule has 1 heterocycles. The van der Waals surface area contributed by atoms with Crippen LogP contribution in [0.25, 0.3) is 0 Å². The Morgan fingerprint density at radius 3 is 2.39 bits per heavy atom. The standard InChI is InChI=1S/C14H31N3O/c1-13(2,3)15-9-12(18)10-17-8-7-16(6)14(4,5)11-17/h12,15,18H,7-11H2,1-6H3. The fraction of sp³-hybridized carbons (Fsp3) is 1.00. The van der Waals surface area contributed by atoms with E-state index in [9.17, 15) is 5.11 Å². The molecule has 0 aromatic heterocycles. The van der Waals surface area contributed by atoms with E-state index < -0.39 is 0 Å². The highest BCUT2D eigenvalue weighted by molar-refractivity contribution is 4.89. The van der Waals surface area contributed by atoms with E-state index in [0.717, 1.165) is 26.2 Å². The fourth-order valence-electron chi connectivity index (χ4n) is 2.28. The van der Waals surface area contributed by atoms with Gasteiger partial charge in [0, 0.05) is 43.8 Å². The van der Waals surface area contributed by atoms with Crippen LogP contribution in [0.4, 0.5) is 0 Å². The first-order chi connectivity index (χ1) is 8.10. The van der Waals surface area contributed by atoms with Crippen molar-refractivity contribution in [3.05, 3.63) is 0 Å². The molecule has 2 N–H and O–H groups in total. The molecule has 0 amide bonds. The van der Waals surface area contributed by atoms with Crippen molar-refractivity contribution in [2.75, 3.05) is 39.8 Å². The molecule has 1 saturated heterocycles. The number of rotatable bonds is 4. The zero-order valence-electron chi connectivity index (χ0n) is 13.0. The van der Waals surface area contributed by atoms with Gasteiger partial charge in [0.1, 0.15) is 0 Å². The van der Waals surface area contributed by atoms with Crippen molar-refractivity contribution < 1.29 is 5.11 Å². The molecule has 1 unspecified atom stereocenters.